The van der Waals surface area contributed by atoms with E-state index in [1.54, 1.807) is 6.20 Å². The fourth-order valence-electron chi connectivity index (χ4n) is 2.31. The highest BCUT2D eigenvalue weighted by molar-refractivity contribution is 9.10. The van der Waals surface area contributed by atoms with E-state index in [-0.39, 0.29) is 5.91 Å². The summed E-state index contributed by atoms with van der Waals surface area (Å²) >= 11 is 3.30. The Balaban J connectivity index is 1.79. The first kappa shape index (κ1) is 14.3. The molecule has 1 fully saturated rings. The number of carbonyl (C=O) groups is 1. The van der Waals surface area contributed by atoms with Gasteiger partial charge in [-0.2, -0.15) is 0 Å². The molecule has 0 unspecified atom stereocenters. The van der Waals surface area contributed by atoms with Crippen LogP contribution < -0.4 is 0 Å². The first-order valence-electron chi connectivity index (χ1n) is 7.11. The Labute approximate surface area is 133 Å². The second-order valence-electron chi connectivity index (χ2n) is 5.52. The van der Waals surface area contributed by atoms with Gasteiger partial charge in [-0.15, -0.1) is 0 Å². The lowest BCUT2D eigenvalue weighted by Gasteiger charge is -2.22. The van der Waals surface area contributed by atoms with Crippen molar-refractivity contribution in [2.24, 2.45) is 0 Å². The van der Waals surface area contributed by atoms with E-state index in [9.17, 15) is 4.79 Å². The van der Waals surface area contributed by atoms with Crippen molar-refractivity contribution in [3.63, 3.8) is 0 Å². The van der Waals surface area contributed by atoms with Crippen LogP contribution in [0.15, 0.2) is 47.2 Å². The maximum atomic E-state index is 12.7. The van der Waals surface area contributed by atoms with Crippen molar-refractivity contribution in [3.8, 4) is 0 Å². The summed E-state index contributed by atoms with van der Waals surface area (Å²) in [6.07, 6.45) is 3.83. The van der Waals surface area contributed by atoms with Gasteiger partial charge in [0, 0.05) is 18.8 Å². The molecule has 0 aliphatic heterocycles. The van der Waals surface area contributed by atoms with Gasteiger partial charge in [0.1, 0.15) is 4.60 Å². The maximum absolute atomic E-state index is 12.7. The standard InChI is InChI=1S/C17H17BrN2O/c1-12-2-4-13(5-3-12)11-20(15-7-8-15)17(21)14-6-9-16(18)19-10-14/h2-6,9-10,15H,7-8,11H2,1H3. The molecule has 1 saturated carbocycles. The second-order valence-corrected chi connectivity index (χ2v) is 6.33. The Morgan fingerprint density at radius 2 is 1.95 bits per heavy atom. The highest BCUT2D eigenvalue weighted by atomic mass is 79.9. The van der Waals surface area contributed by atoms with Crippen LogP contribution in [0.1, 0.15) is 34.3 Å². The molecule has 21 heavy (non-hydrogen) atoms. The van der Waals surface area contributed by atoms with E-state index >= 15 is 0 Å². The van der Waals surface area contributed by atoms with Crippen molar-refractivity contribution in [1.29, 1.82) is 0 Å². The molecule has 3 nitrogen and oxygen atoms in total. The van der Waals surface area contributed by atoms with Gasteiger partial charge in [0.05, 0.1) is 5.56 Å². The van der Waals surface area contributed by atoms with Crippen LogP contribution in [0.3, 0.4) is 0 Å². The average molecular weight is 345 g/mol. The third-order valence-corrected chi connectivity index (χ3v) is 4.17. The largest absolute Gasteiger partial charge is 0.331 e. The van der Waals surface area contributed by atoms with E-state index in [1.165, 1.54) is 11.1 Å². The summed E-state index contributed by atoms with van der Waals surface area (Å²) in [5.41, 5.74) is 3.06. The summed E-state index contributed by atoms with van der Waals surface area (Å²) in [6.45, 7) is 2.74. The van der Waals surface area contributed by atoms with E-state index in [0.29, 0.717) is 18.2 Å². The summed E-state index contributed by atoms with van der Waals surface area (Å²) in [7, 11) is 0. The number of nitrogens with zero attached hydrogens (tertiary/aromatic N) is 2. The Morgan fingerprint density at radius 1 is 1.24 bits per heavy atom. The minimum atomic E-state index is 0.0677. The Morgan fingerprint density at radius 3 is 2.52 bits per heavy atom. The zero-order chi connectivity index (χ0) is 14.8. The van der Waals surface area contributed by atoms with Gasteiger partial charge in [-0.05, 0) is 53.4 Å². The number of aromatic nitrogens is 1. The molecule has 1 amide bonds. The smallest absolute Gasteiger partial charge is 0.255 e. The summed E-state index contributed by atoms with van der Waals surface area (Å²) in [6, 6.07) is 12.4. The first-order valence-corrected chi connectivity index (χ1v) is 7.91. The number of benzene rings is 1. The number of pyridine rings is 1. The highest BCUT2D eigenvalue weighted by Gasteiger charge is 2.33. The zero-order valence-electron chi connectivity index (χ0n) is 11.9. The Bertz CT molecular complexity index is 633. The third kappa shape index (κ3) is 3.50. The van der Waals surface area contributed by atoms with Crippen molar-refractivity contribution < 1.29 is 4.79 Å². The summed E-state index contributed by atoms with van der Waals surface area (Å²) in [4.78, 5) is 18.8. The van der Waals surface area contributed by atoms with E-state index in [1.807, 2.05) is 17.0 Å². The van der Waals surface area contributed by atoms with Gasteiger partial charge in [-0.25, -0.2) is 4.98 Å². The molecule has 108 valence electrons. The molecule has 1 aromatic heterocycles. The molecule has 0 saturated heterocycles. The van der Waals surface area contributed by atoms with Crippen LogP contribution in [-0.2, 0) is 6.54 Å². The molecular weight excluding hydrogens is 328 g/mol. The predicted molar refractivity (Wildman–Crippen MR) is 86.0 cm³/mol. The van der Waals surface area contributed by atoms with Crippen LogP contribution in [0, 0.1) is 6.92 Å². The van der Waals surface area contributed by atoms with Gasteiger partial charge in [0.25, 0.3) is 5.91 Å². The third-order valence-electron chi connectivity index (χ3n) is 3.70. The predicted octanol–water partition coefficient (Wildman–Crippen LogP) is 3.96. The number of hydrogen-bond acceptors (Lipinski definition) is 2. The number of hydrogen-bond donors (Lipinski definition) is 0. The van der Waals surface area contributed by atoms with Gasteiger partial charge in [-0.1, -0.05) is 29.8 Å². The molecular formula is C17H17BrN2O. The lowest BCUT2D eigenvalue weighted by atomic mass is 10.1. The van der Waals surface area contributed by atoms with E-state index in [0.717, 1.165) is 17.4 Å². The van der Waals surface area contributed by atoms with Crippen LogP contribution in [0.2, 0.25) is 0 Å². The lowest BCUT2D eigenvalue weighted by molar-refractivity contribution is 0.0729. The SMILES string of the molecule is Cc1ccc(CN(C(=O)c2ccc(Br)nc2)C2CC2)cc1. The molecule has 3 rings (SSSR count). The van der Waals surface area contributed by atoms with Crippen molar-refractivity contribution >= 4 is 21.8 Å². The maximum Gasteiger partial charge on any atom is 0.255 e. The molecule has 2 aromatic rings. The summed E-state index contributed by atoms with van der Waals surface area (Å²) < 4.78 is 0.746. The van der Waals surface area contributed by atoms with Crippen molar-refractivity contribution in [2.45, 2.75) is 32.4 Å². The Kier molecular flexibility index (Phi) is 4.06. The van der Waals surface area contributed by atoms with Gasteiger partial charge >= 0.3 is 0 Å². The number of rotatable bonds is 4. The minimum absolute atomic E-state index is 0.0677. The number of carbonyl (C=O) groups excluding carboxylic acids is 1. The zero-order valence-corrected chi connectivity index (χ0v) is 13.5. The molecule has 1 aromatic carbocycles. The summed E-state index contributed by atoms with van der Waals surface area (Å²) in [5.74, 6) is 0.0677. The van der Waals surface area contributed by atoms with E-state index in [2.05, 4.69) is 52.1 Å². The molecule has 0 spiro atoms. The molecule has 1 aliphatic rings. The second kappa shape index (κ2) is 5.98. The van der Waals surface area contributed by atoms with Crippen molar-refractivity contribution in [1.82, 2.24) is 9.88 Å². The van der Waals surface area contributed by atoms with Crippen LogP contribution in [0.4, 0.5) is 0 Å². The summed E-state index contributed by atoms with van der Waals surface area (Å²) in [5, 5.41) is 0. The molecule has 0 atom stereocenters. The van der Waals surface area contributed by atoms with Gasteiger partial charge in [0.15, 0.2) is 0 Å². The lowest BCUT2D eigenvalue weighted by Crippen LogP contribution is -2.32. The number of amides is 1. The highest BCUT2D eigenvalue weighted by Crippen LogP contribution is 2.30. The van der Waals surface area contributed by atoms with Gasteiger partial charge < -0.3 is 4.90 Å². The molecule has 1 aliphatic carbocycles. The van der Waals surface area contributed by atoms with E-state index < -0.39 is 0 Å². The van der Waals surface area contributed by atoms with Crippen LogP contribution in [0.25, 0.3) is 0 Å². The van der Waals surface area contributed by atoms with Crippen LogP contribution >= 0.6 is 15.9 Å². The quantitative estimate of drug-likeness (QED) is 0.786. The average Bonchev–Trinajstić information content (AvgIpc) is 3.31. The number of aryl methyl sites for hydroxylation is 1. The molecule has 4 heteroatoms. The monoisotopic (exact) mass is 344 g/mol. The fraction of sp³-hybridized carbons (Fsp3) is 0.294. The van der Waals surface area contributed by atoms with Gasteiger partial charge in [-0.3, -0.25) is 4.79 Å². The Hall–Kier alpha value is -1.68. The normalized spacial score (nSPS) is 14.0. The molecule has 0 bridgehead atoms. The van der Waals surface area contributed by atoms with E-state index in [4.69, 9.17) is 0 Å². The fourth-order valence-corrected chi connectivity index (χ4v) is 2.55. The minimum Gasteiger partial charge on any atom is -0.331 e. The first-order chi connectivity index (χ1) is 10.1. The van der Waals surface area contributed by atoms with Crippen LogP contribution in [-0.4, -0.2) is 21.8 Å². The van der Waals surface area contributed by atoms with Crippen LogP contribution in [0.5, 0.6) is 0 Å². The topological polar surface area (TPSA) is 33.2 Å². The van der Waals surface area contributed by atoms with Crippen molar-refractivity contribution in [3.05, 3.63) is 63.9 Å². The molecule has 0 N–H and O–H groups in total. The number of halogens is 1. The van der Waals surface area contributed by atoms with Crippen molar-refractivity contribution in [2.75, 3.05) is 0 Å². The molecule has 1 heterocycles. The molecule has 0 radical (unpaired) electrons. The van der Waals surface area contributed by atoms with Gasteiger partial charge in [0.2, 0.25) is 0 Å².